The highest BCUT2D eigenvalue weighted by Crippen LogP contribution is 2.65. The van der Waals surface area contributed by atoms with Crippen molar-refractivity contribution in [2.45, 2.75) is 19.9 Å². The van der Waals surface area contributed by atoms with E-state index < -0.39 is 0 Å². The highest BCUT2D eigenvalue weighted by atomic mass is 16.2. The highest BCUT2D eigenvalue weighted by Gasteiger charge is 2.66. The zero-order chi connectivity index (χ0) is 15.0. The fourth-order valence-electron chi connectivity index (χ4n) is 5.05. The number of allylic oxidation sites excluding steroid dienone is 2. The van der Waals surface area contributed by atoms with Gasteiger partial charge in [0.05, 0.1) is 18.4 Å². The first kappa shape index (κ1) is 12.6. The van der Waals surface area contributed by atoms with Crippen LogP contribution in [0.1, 0.15) is 17.5 Å². The molecule has 0 N–H and O–H groups in total. The van der Waals surface area contributed by atoms with Gasteiger partial charge in [0.15, 0.2) is 0 Å². The number of nitrogens with zero attached hydrogens (tertiary/aromatic N) is 1. The van der Waals surface area contributed by atoms with Gasteiger partial charge >= 0.3 is 0 Å². The van der Waals surface area contributed by atoms with Crippen LogP contribution in [0.15, 0.2) is 36.4 Å². The van der Waals surface area contributed by atoms with Crippen LogP contribution in [0.2, 0.25) is 0 Å². The molecular formula is C19H19NO2. The van der Waals surface area contributed by atoms with Crippen molar-refractivity contribution in [3.05, 3.63) is 47.5 Å². The third-order valence-corrected chi connectivity index (χ3v) is 6.22. The van der Waals surface area contributed by atoms with Gasteiger partial charge in [0.25, 0.3) is 0 Å². The third-order valence-electron chi connectivity index (χ3n) is 6.22. The predicted molar refractivity (Wildman–Crippen MR) is 81.4 cm³/mol. The van der Waals surface area contributed by atoms with Gasteiger partial charge in [0.2, 0.25) is 11.8 Å². The van der Waals surface area contributed by atoms with Crippen molar-refractivity contribution in [1.29, 1.82) is 0 Å². The minimum absolute atomic E-state index is 0.0697. The molecule has 5 aliphatic rings. The molecule has 1 saturated heterocycles. The van der Waals surface area contributed by atoms with Crippen molar-refractivity contribution in [2.24, 2.45) is 35.5 Å². The summed E-state index contributed by atoms with van der Waals surface area (Å²) in [6.07, 6.45) is 5.66. The van der Waals surface area contributed by atoms with Gasteiger partial charge in [-0.3, -0.25) is 14.5 Å². The summed E-state index contributed by atoms with van der Waals surface area (Å²) in [4.78, 5) is 27.2. The lowest BCUT2D eigenvalue weighted by Crippen LogP contribution is -2.40. The Morgan fingerprint density at radius 3 is 2.05 bits per heavy atom. The first-order chi connectivity index (χ1) is 10.6. The molecule has 3 nitrogen and oxygen atoms in total. The smallest absolute Gasteiger partial charge is 0.234 e. The van der Waals surface area contributed by atoms with Crippen LogP contribution in [-0.2, 0) is 16.1 Å². The summed E-state index contributed by atoms with van der Waals surface area (Å²) in [5, 5.41) is 0. The summed E-state index contributed by atoms with van der Waals surface area (Å²) in [7, 11) is 0. The number of hydrogen-bond donors (Lipinski definition) is 0. The Labute approximate surface area is 130 Å². The van der Waals surface area contributed by atoms with E-state index in [1.165, 1.54) is 16.9 Å². The molecule has 3 fully saturated rings. The van der Waals surface area contributed by atoms with Gasteiger partial charge in [-0.25, -0.2) is 0 Å². The molecule has 1 heterocycles. The largest absolute Gasteiger partial charge is 0.278 e. The molecule has 4 aliphatic carbocycles. The minimum Gasteiger partial charge on any atom is -0.278 e. The van der Waals surface area contributed by atoms with Crippen LogP contribution in [0.25, 0.3) is 0 Å². The van der Waals surface area contributed by atoms with Crippen molar-refractivity contribution in [1.82, 2.24) is 4.90 Å². The number of likely N-dealkylation sites (tertiary alicyclic amines) is 1. The maximum atomic E-state index is 12.8. The van der Waals surface area contributed by atoms with Gasteiger partial charge in [-0.2, -0.15) is 0 Å². The SMILES string of the molecule is Cc1ccc(CN2C(=O)[C@@H]3[C@H]4C=C[C@@H]([C@@H]5C[C@H]45)[C@@H]3C2=O)cc1. The van der Waals surface area contributed by atoms with Gasteiger partial charge in [-0.15, -0.1) is 0 Å². The fourth-order valence-corrected chi connectivity index (χ4v) is 5.05. The van der Waals surface area contributed by atoms with Crippen LogP contribution in [0.3, 0.4) is 0 Å². The lowest BCUT2D eigenvalue weighted by Gasteiger charge is -2.37. The molecule has 3 heteroatoms. The first-order valence-electron chi connectivity index (χ1n) is 8.24. The average Bonchev–Trinajstić information content (AvgIpc) is 3.30. The highest BCUT2D eigenvalue weighted by molar-refractivity contribution is 6.06. The van der Waals surface area contributed by atoms with Crippen molar-refractivity contribution in [2.75, 3.05) is 0 Å². The molecule has 0 aromatic heterocycles. The molecule has 0 radical (unpaired) electrons. The molecule has 1 aliphatic heterocycles. The molecule has 112 valence electrons. The molecule has 6 atom stereocenters. The van der Waals surface area contributed by atoms with Gasteiger partial charge in [-0.1, -0.05) is 42.0 Å². The Balaban J connectivity index is 1.46. The lowest BCUT2D eigenvalue weighted by atomic mass is 9.63. The molecule has 0 spiro atoms. The standard InChI is InChI=1S/C19H19NO2/c1-10-2-4-11(5-3-10)9-20-18(21)16-12-6-7-13(15-8-14(12)15)17(16)19(20)22/h2-7,12-17H,8-9H2,1H3/t12-,13-,14-,15+,16-,17+/m0/s1. The Morgan fingerprint density at radius 1 is 0.955 bits per heavy atom. The number of carbonyl (C=O) groups excluding carboxylic acids is 2. The summed E-state index contributed by atoms with van der Waals surface area (Å²) in [5.41, 5.74) is 2.23. The Bertz CT molecular complexity index is 669. The van der Waals surface area contributed by atoms with Crippen LogP contribution in [0.5, 0.6) is 0 Å². The van der Waals surface area contributed by atoms with E-state index in [2.05, 4.69) is 12.2 Å². The van der Waals surface area contributed by atoms with Gasteiger partial charge < -0.3 is 0 Å². The fraction of sp³-hybridized carbons (Fsp3) is 0.474. The number of rotatable bonds is 2. The quantitative estimate of drug-likeness (QED) is 0.621. The van der Waals surface area contributed by atoms with E-state index in [1.807, 2.05) is 31.2 Å². The molecule has 22 heavy (non-hydrogen) atoms. The summed E-state index contributed by atoms with van der Waals surface area (Å²) < 4.78 is 0. The summed E-state index contributed by atoms with van der Waals surface area (Å²) >= 11 is 0. The van der Waals surface area contributed by atoms with Crippen LogP contribution >= 0.6 is 0 Å². The number of imide groups is 1. The Hall–Kier alpha value is -1.90. The predicted octanol–water partition coefficient (Wildman–Crippen LogP) is 2.55. The second-order valence-electron chi connectivity index (χ2n) is 7.40. The molecule has 0 unspecified atom stereocenters. The molecule has 2 bridgehead atoms. The molecule has 2 amide bonds. The van der Waals surface area contributed by atoms with Crippen LogP contribution in [-0.4, -0.2) is 16.7 Å². The normalized spacial score (nSPS) is 40.9. The molecule has 6 rings (SSSR count). The first-order valence-corrected chi connectivity index (χ1v) is 8.24. The van der Waals surface area contributed by atoms with Gasteiger partial charge in [0.1, 0.15) is 0 Å². The lowest BCUT2D eigenvalue weighted by molar-refractivity contribution is -0.140. The number of benzene rings is 1. The number of amides is 2. The topological polar surface area (TPSA) is 37.4 Å². The van der Waals surface area contributed by atoms with E-state index in [0.717, 1.165) is 5.56 Å². The van der Waals surface area contributed by atoms with Gasteiger partial charge in [-0.05, 0) is 42.6 Å². The monoisotopic (exact) mass is 293 g/mol. The number of hydrogen-bond acceptors (Lipinski definition) is 2. The van der Waals surface area contributed by atoms with E-state index in [-0.39, 0.29) is 23.7 Å². The third kappa shape index (κ3) is 1.52. The molecule has 1 aromatic carbocycles. The number of carbonyl (C=O) groups is 2. The van der Waals surface area contributed by atoms with E-state index in [0.29, 0.717) is 30.2 Å². The second kappa shape index (κ2) is 4.09. The van der Waals surface area contributed by atoms with Crippen molar-refractivity contribution < 1.29 is 9.59 Å². The second-order valence-corrected chi connectivity index (χ2v) is 7.40. The van der Waals surface area contributed by atoms with Crippen molar-refractivity contribution >= 4 is 11.8 Å². The summed E-state index contributed by atoms with van der Waals surface area (Å²) in [6, 6.07) is 8.10. The Morgan fingerprint density at radius 2 is 1.50 bits per heavy atom. The minimum atomic E-state index is -0.0725. The maximum absolute atomic E-state index is 12.8. The van der Waals surface area contributed by atoms with Crippen molar-refractivity contribution in [3.8, 4) is 0 Å². The number of aryl methyl sites for hydroxylation is 1. The maximum Gasteiger partial charge on any atom is 0.234 e. The van der Waals surface area contributed by atoms with E-state index in [9.17, 15) is 9.59 Å². The molecular weight excluding hydrogens is 274 g/mol. The zero-order valence-electron chi connectivity index (χ0n) is 12.6. The van der Waals surface area contributed by atoms with Crippen LogP contribution in [0.4, 0.5) is 0 Å². The van der Waals surface area contributed by atoms with Gasteiger partial charge in [0, 0.05) is 0 Å². The van der Waals surface area contributed by atoms with E-state index in [4.69, 9.17) is 0 Å². The van der Waals surface area contributed by atoms with E-state index in [1.54, 1.807) is 0 Å². The summed E-state index contributed by atoms with van der Waals surface area (Å²) in [6.45, 7) is 2.47. The van der Waals surface area contributed by atoms with Crippen LogP contribution < -0.4 is 0 Å². The Kier molecular flexibility index (Phi) is 2.35. The van der Waals surface area contributed by atoms with Crippen LogP contribution in [0, 0.1) is 42.4 Å². The molecule has 1 aromatic rings. The summed E-state index contributed by atoms with van der Waals surface area (Å²) in [5.74, 6) is 1.98. The zero-order valence-corrected chi connectivity index (χ0v) is 12.6. The van der Waals surface area contributed by atoms with E-state index >= 15 is 0 Å². The van der Waals surface area contributed by atoms with Crippen molar-refractivity contribution in [3.63, 3.8) is 0 Å². The average molecular weight is 293 g/mol. The molecule has 2 saturated carbocycles.